The van der Waals surface area contributed by atoms with Gasteiger partial charge in [0, 0.05) is 5.69 Å². The van der Waals surface area contributed by atoms with Crippen LogP contribution < -0.4 is 10.6 Å². The van der Waals surface area contributed by atoms with Gasteiger partial charge < -0.3 is 10.6 Å². The highest BCUT2D eigenvalue weighted by molar-refractivity contribution is 5.94. The van der Waals surface area contributed by atoms with E-state index in [1.807, 2.05) is 18.2 Å². The second-order valence-electron chi connectivity index (χ2n) is 6.83. The monoisotopic (exact) mass is 391 g/mol. The van der Waals surface area contributed by atoms with Gasteiger partial charge >= 0.3 is 0 Å². The van der Waals surface area contributed by atoms with Gasteiger partial charge in [0.2, 0.25) is 11.8 Å². The van der Waals surface area contributed by atoms with E-state index < -0.39 is 29.0 Å². The van der Waals surface area contributed by atoms with E-state index in [9.17, 15) is 22.8 Å². The highest BCUT2D eigenvalue weighted by Gasteiger charge is 2.17. The zero-order valence-electron chi connectivity index (χ0n) is 15.3. The standard InChI is InChI=1S/C20H20F3N3O2/c1-26(11-18(28)25-16-8-7-15(21)19(22)20(16)23)10-17(27)24-14-6-5-12-3-2-4-13(12)9-14/h5-9H,2-4,10-11H2,1H3,(H,24,27)(H,25,28). The van der Waals surface area contributed by atoms with Crippen LogP contribution in [-0.2, 0) is 22.4 Å². The number of anilines is 2. The summed E-state index contributed by atoms with van der Waals surface area (Å²) in [5.74, 6) is -5.41. The molecular formula is C20H20F3N3O2. The number of nitrogens with zero attached hydrogens (tertiary/aromatic N) is 1. The van der Waals surface area contributed by atoms with Gasteiger partial charge in [-0.15, -0.1) is 0 Å². The van der Waals surface area contributed by atoms with Gasteiger partial charge in [-0.3, -0.25) is 14.5 Å². The number of carbonyl (C=O) groups excluding carboxylic acids is 2. The Morgan fingerprint density at radius 1 is 0.929 bits per heavy atom. The van der Waals surface area contributed by atoms with E-state index in [2.05, 4.69) is 10.6 Å². The molecule has 8 heteroatoms. The predicted molar refractivity (Wildman–Crippen MR) is 99.5 cm³/mol. The van der Waals surface area contributed by atoms with Crippen molar-refractivity contribution in [2.45, 2.75) is 19.3 Å². The molecule has 0 heterocycles. The van der Waals surface area contributed by atoms with Crippen LogP contribution in [-0.4, -0.2) is 36.9 Å². The minimum absolute atomic E-state index is 0.0647. The van der Waals surface area contributed by atoms with Gasteiger partial charge in [-0.2, -0.15) is 0 Å². The molecule has 0 unspecified atom stereocenters. The van der Waals surface area contributed by atoms with Gasteiger partial charge in [-0.1, -0.05) is 6.07 Å². The Kier molecular flexibility index (Phi) is 5.99. The topological polar surface area (TPSA) is 61.4 Å². The lowest BCUT2D eigenvalue weighted by Crippen LogP contribution is -2.36. The van der Waals surface area contributed by atoms with Crippen LogP contribution >= 0.6 is 0 Å². The largest absolute Gasteiger partial charge is 0.325 e. The number of hydrogen-bond donors (Lipinski definition) is 2. The Bertz CT molecular complexity index is 918. The van der Waals surface area contributed by atoms with Crippen LogP contribution in [0.2, 0.25) is 0 Å². The smallest absolute Gasteiger partial charge is 0.238 e. The van der Waals surface area contributed by atoms with Crippen molar-refractivity contribution < 1.29 is 22.8 Å². The zero-order chi connectivity index (χ0) is 20.3. The summed E-state index contributed by atoms with van der Waals surface area (Å²) in [6.45, 7) is -0.291. The minimum Gasteiger partial charge on any atom is -0.325 e. The highest BCUT2D eigenvalue weighted by Crippen LogP contribution is 2.25. The summed E-state index contributed by atoms with van der Waals surface area (Å²) in [5.41, 5.74) is 2.78. The molecule has 148 valence electrons. The molecule has 2 aromatic carbocycles. The number of fused-ring (bicyclic) bond motifs is 1. The van der Waals surface area contributed by atoms with Crippen molar-refractivity contribution in [2.24, 2.45) is 0 Å². The minimum atomic E-state index is -1.65. The second-order valence-corrected chi connectivity index (χ2v) is 6.83. The molecule has 0 saturated heterocycles. The van der Waals surface area contributed by atoms with Gasteiger partial charge in [-0.05, 0) is 61.7 Å². The maximum Gasteiger partial charge on any atom is 0.238 e. The third-order valence-corrected chi connectivity index (χ3v) is 4.52. The Morgan fingerprint density at radius 3 is 2.36 bits per heavy atom. The Labute approximate surface area is 160 Å². The first-order valence-corrected chi connectivity index (χ1v) is 8.87. The summed E-state index contributed by atoms with van der Waals surface area (Å²) in [6.07, 6.45) is 3.17. The third kappa shape index (κ3) is 4.69. The average Bonchev–Trinajstić information content (AvgIpc) is 3.09. The molecule has 3 rings (SSSR count). The molecule has 2 amide bonds. The maximum absolute atomic E-state index is 13.6. The molecule has 1 aliphatic carbocycles. The SMILES string of the molecule is CN(CC(=O)Nc1ccc2c(c1)CCC2)CC(=O)Nc1ccc(F)c(F)c1F. The Balaban J connectivity index is 1.50. The predicted octanol–water partition coefficient (Wildman–Crippen LogP) is 3.10. The normalized spacial score (nSPS) is 12.8. The van der Waals surface area contributed by atoms with Crippen molar-refractivity contribution in [3.05, 3.63) is 58.9 Å². The van der Waals surface area contributed by atoms with E-state index in [0.29, 0.717) is 5.69 Å². The van der Waals surface area contributed by atoms with Crippen molar-refractivity contribution in [3.8, 4) is 0 Å². The Hall–Kier alpha value is -2.87. The van der Waals surface area contributed by atoms with Crippen LogP contribution in [0.1, 0.15) is 17.5 Å². The van der Waals surface area contributed by atoms with Crippen LogP contribution in [0.25, 0.3) is 0 Å². The van der Waals surface area contributed by atoms with E-state index in [4.69, 9.17) is 0 Å². The summed E-state index contributed by atoms with van der Waals surface area (Å²) in [5, 5.41) is 4.95. The number of carbonyl (C=O) groups is 2. The summed E-state index contributed by atoms with van der Waals surface area (Å²) >= 11 is 0. The molecule has 2 N–H and O–H groups in total. The molecule has 1 aliphatic rings. The fourth-order valence-corrected chi connectivity index (χ4v) is 3.21. The first-order valence-electron chi connectivity index (χ1n) is 8.87. The van der Waals surface area contributed by atoms with Crippen LogP contribution in [0, 0.1) is 17.5 Å². The first kappa shape index (κ1) is 19.9. The van der Waals surface area contributed by atoms with E-state index in [1.165, 1.54) is 16.0 Å². The summed E-state index contributed by atoms with van der Waals surface area (Å²) in [6, 6.07) is 7.47. The van der Waals surface area contributed by atoms with Crippen LogP contribution in [0.3, 0.4) is 0 Å². The molecule has 0 aliphatic heterocycles. The first-order chi connectivity index (χ1) is 13.3. The lowest BCUT2D eigenvalue weighted by molar-refractivity contribution is -0.119. The molecule has 0 atom stereocenters. The number of halogens is 3. The van der Waals surface area contributed by atoms with Crippen molar-refractivity contribution in [1.29, 1.82) is 0 Å². The van der Waals surface area contributed by atoms with Crippen molar-refractivity contribution >= 4 is 23.2 Å². The lowest BCUT2D eigenvalue weighted by atomic mass is 10.1. The number of likely N-dealkylation sites (N-methyl/N-ethyl adjacent to an activating group) is 1. The van der Waals surface area contributed by atoms with Crippen molar-refractivity contribution in [3.63, 3.8) is 0 Å². The fraction of sp³-hybridized carbons (Fsp3) is 0.300. The van der Waals surface area contributed by atoms with Crippen LogP contribution in [0.4, 0.5) is 24.5 Å². The molecular weight excluding hydrogens is 371 g/mol. The highest BCUT2D eigenvalue weighted by atomic mass is 19.2. The van der Waals surface area contributed by atoms with E-state index >= 15 is 0 Å². The number of benzene rings is 2. The quantitative estimate of drug-likeness (QED) is 0.744. The van der Waals surface area contributed by atoms with Gasteiger partial charge in [0.05, 0.1) is 18.8 Å². The maximum atomic E-state index is 13.6. The van der Waals surface area contributed by atoms with Gasteiger partial charge in [-0.25, -0.2) is 13.2 Å². The fourth-order valence-electron chi connectivity index (χ4n) is 3.21. The number of amides is 2. The van der Waals surface area contributed by atoms with Crippen molar-refractivity contribution in [2.75, 3.05) is 30.8 Å². The molecule has 0 radical (unpaired) electrons. The molecule has 2 aromatic rings. The molecule has 0 saturated carbocycles. The number of hydrogen-bond acceptors (Lipinski definition) is 3. The van der Waals surface area contributed by atoms with Gasteiger partial charge in [0.25, 0.3) is 0 Å². The second kappa shape index (κ2) is 8.43. The third-order valence-electron chi connectivity index (χ3n) is 4.52. The molecule has 0 fully saturated rings. The number of rotatable bonds is 6. The van der Waals surface area contributed by atoms with Crippen molar-refractivity contribution in [1.82, 2.24) is 4.90 Å². The van der Waals surface area contributed by atoms with Crippen LogP contribution in [0.5, 0.6) is 0 Å². The molecule has 0 spiro atoms. The molecule has 0 aromatic heterocycles. The Morgan fingerprint density at radius 2 is 1.61 bits per heavy atom. The van der Waals surface area contributed by atoms with E-state index in [1.54, 1.807) is 7.05 Å². The van der Waals surface area contributed by atoms with Crippen LogP contribution in [0.15, 0.2) is 30.3 Å². The summed E-state index contributed by atoms with van der Waals surface area (Å²) < 4.78 is 39.7. The van der Waals surface area contributed by atoms with E-state index in [-0.39, 0.29) is 19.0 Å². The lowest BCUT2D eigenvalue weighted by Gasteiger charge is -2.16. The van der Waals surface area contributed by atoms with E-state index in [0.717, 1.165) is 31.4 Å². The molecule has 0 bridgehead atoms. The van der Waals surface area contributed by atoms with Gasteiger partial charge in [0.1, 0.15) is 0 Å². The number of aryl methyl sites for hydroxylation is 2. The molecule has 28 heavy (non-hydrogen) atoms. The molecule has 5 nitrogen and oxygen atoms in total. The summed E-state index contributed by atoms with van der Waals surface area (Å²) in [7, 11) is 1.55. The summed E-state index contributed by atoms with van der Waals surface area (Å²) in [4.78, 5) is 25.6. The average molecular weight is 391 g/mol. The zero-order valence-corrected chi connectivity index (χ0v) is 15.3. The van der Waals surface area contributed by atoms with Gasteiger partial charge in [0.15, 0.2) is 17.5 Å². The number of nitrogens with one attached hydrogen (secondary N) is 2.